The normalized spacial score (nSPS) is 13.9. The van der Waals surface area contributed by atoms with Gasteiger partial charge in [0.05, 0.1) is 18.1 Å². The lowest BCUT2D eigenvalue weighted by Crippen LogP contribution is -2.33. The average molecular weight is 545 g/mol. The summed E-state index contributed by atoms with van der Waals surface area (Å²) in [7, 11) is -3.98. The second-order valence-electron chi connectivity index (χ2n) is 8.63. The number of ether oxygens (including phenoxy) is 1. The van der Waals surface area contributed by atoms with Crippen molar-refractivity contribution < 1.29 is 27.2 Å². The van der Waals surface area contributed by atoms with Crippen LogP contribution in [0.3, 0.4) is 0 Å². The number of sulfonamides is 1. The Balaban J connectivity index is 1.46. The number of hydrogen-bond acceptors (Lipinski definition) is 10. The van der Waals surface area contributed by atoms with Gasteiger partial charge in [0.25, 0.3) is 10.0 Å². The van der Waals surface area contributed by atoms with Crippen molar-refractivity contribution in [1.82, 2.24) is 14.9 Å². The third-order valence-electron chi connectivity index (χ3n) is 5.75. The Hall–Kier alpha value is -3.97. The fraction of sp³-hybridized carbons (Fsp3) is 0.320. The number of aromatic nitrogens is 2. The summed E-state index contributed by atoms with van der Waals surface area (Å²) in [5.41, 5.74) is 0.734. The maximum absolute atomic E-state index is 14.6. The lowest BCUT2D eigenvalue weighted by molar-refractivity contribution is -0.128. The Labute approximate surface area is 220 Å². The Bertz CT molecular complexity index is 1350. The molecular weight excluding hydrogens is 515 g/mol. The second-order valence-corrected chi connectivity index (χ2v) is 10.4. The molecule has 0 spiro atoms. The van der Waals surface area contributed by atoms with E-state index in [0.29, 0.717) is 22.5 Å². The van der Waals surface area contributed by atoms with E-state index in [4.69, 9.17) is 4.74 Å². The monoisotopic (exact) mass is 544 g/mol. The van der Waals surface area contributed by atoms with E-state index in [2.05, 4.69) is 30.3 Å². The van der Waals surface area contributed by atoms with Crippen molar-refractivity contribution in [1.29, 1.82) is 0 Å². The molecule has 0 aliphatic carbocycles. The number of carbonyl (C=O) groups is 1. The minimum Gasteiger partial charge on any atom is -0.492 e. The molecule has 4 rings (SSSR count). The molecule has 0 bridgehead atoms. The lowest BCUT2D eigenvalue weighted by atomic mass is 10.1. The maximum atomic E-state index is 14.6. The van der Waals surface area contributed by atoms with Gasteiger partial charge in [0.15, 0.2) is 11.6 Å². The Morgan fingerprint density at radius 2 is 1.89 bits per heavy atom. The number of hydrogen-bond donors (Lipinski definition) is 2. The summed E-state index contributed by atoms with van der Waals surface area (Å²) in [5, 5.41) is 5.77. The number of nitrogens with zero attached hydrogens (tertiary/aromatic N) is 4. The molecular formula is C25H29FN6O5S. The van der Waals surface area contributed by atoms with Gasteiger partial charge in [0, 0.05) is 18.3 Å². The molecule has 0 atom stereocenters. The van der Waals surface area contributed by atoms with E-state index in [1.54, 1.807) is 18.2 Å². The standard InChI is InChI=1S/C25H29FN6O5S/c1-38(34,35)32(37-18-33)23-11-4-3-10-22(23)29-24-21(26)17-27-25(30-24)28-19-8-7-9-20(16-19)36-15-14-31-12-5-2-6-13-31/h3-4,7-11,16-18H,2,5-6,12-15H2,1H3,(H2,27,28,29,30). The number of rotatable bonds is 12. The van der Waals surface area contributed by atoms with Crippen LogP contribution in [0.5, 0.6) is 5.75 Å². The number of likely N-dealkylation sites (tertiary alicyclic amines) is 1. The minimum atomic E-state index is -3.98. The molecule has 0 amide bonds. The Morgan fingerprint density at radius 1 is 1.11 bits per heavy atom. The first-order chi connectivity index (χ1) is 18.3. The van der Waals surface area contributed by atoms with Crippen LogP contribution in [0.1, 0.15) is 19.3 Å². The van der Waals surface area contributed by atoms with E-state index < -0.39 is 15.8 Å². The average Bonchev–Trinajstić information content (AvgIpc) is 2.90. The Kier molecular flexibility index (Phi) is 8.92. The molecule has 0 unspecified atom stereocenters. The number of benzene rings is 2. The van der Waals surface area contributed by atoms with Gasteiger partial charge in [-0.3, -0.25) is 9.69 Å². The number of para-hydroxylation sites is 2. The van der Waals surface area contributed by atoms with Crippen molar-refractivity contribution in [2.45, 2.75) is 19.3 Å². The highest BCUT2D eigenvalue weighted by Crippen LogP contribution is 2.31. The highest BCUT2D eigenvalue weighted by atomic mass is 32.2. The van der Waals surface area contributed by atoms with Crippen LogP contribution in [-0.2, 0) is 19.7 Å². The van der Waals surface area contributed by atoms with Crippen molar-refractivity contribution in [3.05, 3.63) is 60.5 Å². The zero-order valence-electron chi connectivity index (χ0n) is 20.8. The molecule has 1 saturated heterocycles. The van der Waals surface area contributed by atoms with Crippen LogP contribution in [0.15, 0.2) is 54.7 Å². The van der Waals surface area contributed by atoms with Gasteiger partial charge >= 0.3 is 6.47 Å². The molecule has 2 N–H and O–H groups in total. The van der Waals surface area contributed by atoms with Gasteiger partial charge in [0.2, 0.25) is 5.95 Å². The smallest absolute Gasteiger partial charge is 0.322 e. The van der Waals surface area contributed by atoms with Gasteiger partial charge in [-0.2, -0.15) is 4.98 Å². The topological polar surface area (TPSA) is 126 Å². The molecule has 202 valence electrons. The molecule has 2 aromatic carbocycles. The first-order valence-electron chi connectivity index (χ1n) is 12.0. The lowest BCUT2D eigenvalue weighted by Gasteiger charge is -2.26. The molecule has 2 heterocycles. The molecule has 11 nitrogen and oxygen atoms in total. The van der Waals surface area contributed by atoms with Crippen molar-refractivity contribution in [3.8, 4) is 5.75 Å². The number of piperidine rings is 1. The Morgan fingerprint density at radius 3 is 2.66 bits per heavy atom. The van der Waals surface area contributed by atoms with E-state index in [1.807, 2.05) is 12.1 Å². The molecule has 3 aromatic rings. The number of carbonyl (C=O) groups excluding carboxylic acids is 1. The second kappa shape index (κ2) is 12.5. The van der Waals surface area contributed by atoms with Crippen molar-refractivity contribution in [2.24, 2.45) is 0 Å². The van der Waals surface area contributed by atoms with Crippen LogP contribution in [0.4, 0.5) is 33.2 Å². The van der Waals surface area contributed by atoms with Crippen LogP contribution >= 0.6 is 0 Å². The van der Waals surface area contributed by atoms with Gasteiger partial charge in [-0.1, -0.05) is 29.1 Å². The van der Waals surface area contributed by atoms with Crippen LogP contribution in [0.2, 0.25) is 0 Å². The van der Waals surface area contributed by atoms with Gasteiger partial charge < -0.3 is 20.2 Å². The predicted octanol–water partition coefficient (Wildman–Crippen LogP) is 3.82. The summed E-state index contributed by atoms with van der Waals surface area (Å²) in [6.07, 6.45) is 5.58. The van der Waals surface area contributed by atoms with Gasteiger partial charge in [-0.15, -0.1) is 0 Å². The molecule has 38 heavy (non-hydrogen) atoms. The molecule has 0 saturated carbocycles. The van der Waals surface area contributed by atoms with Crippen LogP contribution in [-0.4, -0.2) is 62.3 Å². The summed E-state index contributed by atoms with van der Waals surface area (Å²) in [6.45, 7) is 3.62. The summed E-state index contributed by atoms with van der Waals surface area (Å²) < 4.78 is 45.2. The first-order valence-corrected chi connectivity index (χ1v) is 13.9. The van der Waals surface area contributed by atoms with Crippen LogP contribution in [0, 0.1) is 5.82 Å². The fourth-order valence-corrected chi connectivity index (χ4v) is 4.71. The number of anilines is 5. The number of halogens is 1. The van der Waals surface area contributed by atoms with E-state index in [0.717, 1.165) is 32.1 Å². The van der Waals surface area contributed by atoms with E-state index >= 15 is 0 Å². The van der Waals surface area contributed by atoms with Crippen molar-refractivity contribution >= 4 is 45.3 Å². The van der Waals surface area contributed by atoms with Crippen LogP contribution < -0.4 is 19.8 Å². The summed E-state index contributed by atoms with van der Waals surface area (Å²) in [5.74, 6) is -0.218. The zero-order chi connectivity index (χ0) is 27.0. The molecule has 1 aliphatic heterocycles. The third-order valence-corrected chi connectivity index (χ3v) is 6.64. The maximum Gasteiger partial charge on any atom is 0.322 e. The van der Waals surface area contributed by atoms with Gasteiger partial charge in [-0.25, -0.2) is 17.8 Å². The molecule has 1 aliphatic rings. The molecule has 1 fully saturated rings. The summed E-state index contributed by atoms with van der Waals surface area (Å²) in [6, 6.07) is 13.3. The van der Waals surface area contributed by atoms with E-state index in [9.17, 15) is 17.6 Å². The van der Waals surface area contributed by atoms with E-state index in [-0.39, 0.29) is 29.6 Å². The first kappa shape index (κ1) is 27.1. The van der Waals surface area contributed by atoms with Crippen molar-refractivity contribution in [3.63, 3.8) is 0 Å². The molecule has 0 radical (unpaired) electrons. The zero-order valence-corrected chi connectivity index (χ0v) is 21.7. The van der Waals surface area contributed by atoms with Gasteiger partial charge in [-0.05, 0) is 50.2 Å². The summed E-state index contributed by atoms with van der Waals surface area (Å²) >= 11 is 0. The predicted molar refractivity (Wildman–Crippen MR) is 142 cm³/mol. The highest BCUT2D eigenvalue weighted by molar-refractivity contribution is 7.91. The minimum absolute atomic E-state index is 0.0172. The quantitative estimate of drug-likeness (QED) is 0.257. The fourth-order valence-electron chi connectivity index (χ4n) is 4.00. The summed E-state index contributed by atoms with van der Waals surface area (Å²) in [4.78, 5) is 26.1. The van der Waals surface area contributed by atoms with Crippen LogP contribution in [0.25, 0.3) is 0 Å². The number of nitrogens with one attached hydrogen (secondary N) is 2. The molecule has 1 aromatic heterocycles. The van der Waals surface area contributed by atoms with Crippen molar-refractivity contribution in [2.75, 3.05) is 47.6 Å². The molecule has 13 heteroatoms. The van der Waals surface area contributed by atoms with Gasteiger partial charge in [0.1, 0.15) is 18.0 Å². The largest absolute Gasteiger partial charge is 0.492 e. The SMILES string of the molecule is CS(=O)(=O)N(OC=O)c1ccccc1Nc1nc(Nc2cccc(OCCN3CCCCC3)c2)ncc1F. The highest BCUT2D eigenvalue weighted by Gasteiger charge is 2.23. The van der Waals surface area contributed by atoms with E-state index in [1.165, 1.54) is 37.5 Å². The third kappa shape index (κ3) is 7.29.